The Balaban J connectivity index is 2.56. The minimum absolute atomic E-state index is 0.0593. The Morgan fingerprint density at radius 2 is 1.83 bits per heavy atom. The van der Waals surface area contributed by atoms with Gasteiger partial charge in [0.25, 0.3) is 0 Å². The molecule has 0 aromatic heterocycles. The van der Waals surface area contributed by atoms with Gasteiger partial charge in [-0.25, -0.2) is 0 Å². The molecule has 0 amide bonds. The molecule has 2 aromatic rings. The highest BCUT2D eigenvalue weighted by atomic mass is 16.6. The third kappa shape index (κ3) is 3.70. The number of nitro benzene ring substituents is 1. The number of nitrogens with zero attached hydrogens (tertiary/aromatic N) is 1. The lowest BCUT2D eigenvalue weighted by atomic mass is 9.86. The van der Waals surface area contributed by atoms with Crippen LogP contribution in [-0.4, -0.2) is 4.92 Å². The first kappa shape index (κ1) is 16.6. The van der Waals surface area contributed by atoms with E-state index in [1.807, 2.05) is 32.9 Å². The molecule has 2 aromatic carbocycles. The molecule has 23 heavy (non-hydrogen) atoms. The molecule has 0 spiro atoms. The standard InChI is InChI=1S/C19H19NO3/c1-6-14-8-9-15(19(3,4)5)18(12-14)23-17-10-7-13(2)11-16(17)20(21)22/h1,7-12H,2-5H3. The van der Waals surface area contributed by atoms with Gasteiger partial charge in [-0.05, 0) is 36.1 Å². The lowest BCUT2D eigenvalue weighted by Crippen LogP contribution is -2.12. The lowest BCUT2D eigenvalue weighted by Gasteiger charge is -2.23. The maximum Gasteiger partial charge on any atom is 0.311 e. The molecule has 0 N–H and O–H groups in total. The fourth-order valence-corrected chi connectivity index (χ4v) is 2.29. The van der Waals surface area contributed by atoms with Crippen molar-refractivity contribution >= 4 is 5.69 Å². The average Bonchev–Trinajstić information content (AvgIpc) is 2.47. The van der Waals surface area contributed by atoms with Gasteiger partial charge in [-0.15, -0.1) is 6.42 Å². The first-order valence-corrected chi connectivity index (χ1v) is 7.26. The molecule has 0 unspecified atom stereocenters. The SMILES string of the molecule is C#Cc1ccc(C(C)(C)C)c(Oc2ccc(C)cc2[N+](=O)[O-])c1. The van der Waals surface area contributed by atoms with Gasteiger partial charge >= 0.3 is 5.69 Å². The van der Waals surface area contributed by atoms with E-state index in [0.29, 0.717) is 11.3 Å². The van der Waals surface area contributed by atoms with Crippen LogP contribution >= 0.6 is 0 Å². The number of rotatable bonds is 3. The molecule has 0 aliphatic carbocycles. The first-order valence-electron chi connectivity index (χ1n) is 7.26. The third-order valence-corrected chi connectivity index (χ3v) is 3.49. The molecule has 0 saturated heterocycles. The quantitative estimate of drug-likeness (QED) is 0.457. The molecular weight excluding hydrogens is 290 g/mol. The van der Waals surface area contributed by atoms with Crippen molar-refractivity contribution in [2.24, 2.45) is 0 Å². The van der Waals surface area contributed by atoms with E-state index in [9.17, 15) is 10.1 Å². The summed E-state index contributed by atoms with van der Waals surface area (Å²) in [6, 6.07) is 10.4. The largest absolute Gasteiger partial charge is 0.450 e. The molecule has 2 rings (SSSR count). The van der Waals surface area contributed by atoms with Gasteiger partial charge in [-0.1, -0.05) is 38.8 Å². The van der Waals surface area contributed by atoms with Crippen molar-refractivity contribution in [1.82, 2.24) is 0 Å². The van der Waals surface area contributed by atoms with Crippen molar-refractivity contribution in [3.8, 4) is 23.8 Å². The smallest absolute Gasteiger partial charge is 0.311 e. The van der Waals surface area contributed by atoms with Crippen molar-refractivity contribution in [3.05, 3.63) is 63.2 Å². The van der Waals surface area contributed by atoms with E-state index in [0.717, 1.165) is 11.1 Å². The predicted molar refractivity (Wildman–Crippen MR) is 91.0 cm³/mol. The van der Waals surface area contributed by atoms with Gasteiger partial charge in [0.15, 0.2) is 0 Å². The predicted octanol–water partition coefficient (Wildman–Crippen LogP) is 4.97. The molecule has 4 heteroatoms. The molecule has 118 valence electrons. The molecule has 4 nitrogen and oxygen atoms in total. The van der Waals surface area contributed by atoms with E-state index in [4.69, 9.17) is 11.2 Å². The zero-order valence-electron chi connectivity index (χ0n) is 13.7. The Morgan fingerprint density at radius 1 is 1.13 bits per heavy atom. The van der Waals surface area contributed by atoms with Gasteiger partial charge in [-0.3, -0.25) is 10.1 Å². The minimum Gasteiger partial charge on any atom is -0.450 e. The molecule has 0 heterocycles. The van der Waals surface area contributed by atoms with Crippen LogP contribution in [0.15, 0.2) is 36.4 Å². The van der Waals surface area contributed by atoms with E-state index in [1.54, 1.807) is 25.1 Å². The fraction of sp³-hybridized carbons (Fsp3) is 0.263. The Kier molecular flexibility index (Phi) is 4.42. The summed E-state index contributed by atoms with van der Waals surface area (Å²) in [5.41, 5.74) is 2.17. The second-order valence-corrected chi connectivity index (χ2v) is 6.44. The second-order valence-electron chi connectivity index (χ2n) is 6.44. The van der Waals surface area contributed by atoms with Crippen molar-refractivity contribution < 1.29 is 9.66 Å². The van der Waals surface area contributed by atoms with Crippen LogP contribution in [0, 0.1) is 29.4 Å². The molecule has 0 atom stereocenters. The van der Waals surface area contributed by atoms with E-state index < -0.39 is 4.92 Å². The van der Waals surface area contributed by atoms with Gasteiger partial charge in [0.1, 0.15) is 5.75 Å². The highest BCUT2D eigenvalue weighted by molar-refractivity contribution is 5.53. The lowest BCUT2D eigenvalue weighted by molar-refractivity contribution is -0.385. The van der Waals surface area contributed by atoms with Crippen molar-refractivity contribution in [1.29, 1.82) is 0 Å². The number of benzene rings is 2. The fourth-order valence-electron chi connectivity index (χ4n) is 2.29. The van der Waals surface area contributed by atoms with E-state index in [-0.39, 0.29) is 16.9 Å². The normalized spacial score (nSPS) is 10.9. The van der Waals surface area contributed by atoms with Crippen LogP contribution in [0.25, 0.3) is 0 Å². The molecule has 0 saturated carbocycles. The van der Waals surface area contributed by atoms with Gasteiger partial charge in [0, 0.05) is 17.2 Å². The van der Waals surface area contributed by atoms with Gasteiger partial charge in [0.2, 0.25) is 5.75 Å². The van der Waals surface area contributed by atoms with Crippen LogP contribution in [0.5, 0.6) is 11.5 Å². The summed E-state index contributed by atoms with van der Waals surface area (Å²) in [6.07, 6.45) is 5.46. The number of terminal acetylenes is 1. The van der Waals surface area contributed by atoms with E-state index >= 15 is 0 Å². The number of hydrogen-bond acceptors (Lipinski definition) is 3. The van der Waals surface area contributed by atoms with Crippen LogP contribution in [0.1, 0.15) is 37.5 Å². The zero-order chi connectivity index (χ0) is 17.2. The maximum absolute atomic E-state index is 11.3. The molecule has 0 fully saturated rings. The topological polar surface area (TPSA) is 52.4 Å². The Hall–Kier alpha value is -2.80. The molecule has 0 aliphatic heterocycles. The minimum atomic E-state index is -0.440. The van der Waals surface area contributed by atoms with E-state index in [1.165, 1.54) is 6.07 Å². The Morgan fingerprint density at radius 3 is 2.39 bits per heavy atom. The average molecular weight is 309 g/mol. The van der Waals surface area contributed by atoms with Crippen LogP contribution in [-0.2, 0) is 5.41 Å². The molecular formula is C19H19NO3. The molecule has 0 radical (unpaired) electrons. The van der Waals surface area contributed by atoms with Crippen molar-refractivity contribution in [2.45, 2.75) is 33.1 Å². The van der Waals surface area contributed by atoms with Crippen molar-refractivity contribution in [3.63, 3.8) is 0 Å². The highest BCUT2D eigenvalue weighted by Crippen LogP contribution is 2.38. The molecule has 0 bridgehead atoms. The van der Waals surface area contributed by atoms with Crippen LogP contribution in [0.4, 0.5) is 5.69 Å². The van der Waals surface area contributed by atoms with Crippen LogP contribution in [0.3, 0.4) is 0 Å². The summed E-state index contributed by atoms with van der Waals surface area (Å²) < 4.78 is 5.89. The summed E-state index contributed by atoms with van der Waals surface area (Å²) in [4.78, 5) is 10.8. The summed E-state index contributed by atoms with van der Waals surface area (Å²) in [5.74, 6) is 3.31. The highest BCUT2D eigenvalue weighted by Gasteiger charge is 2.22. The van der Waals surface area contributed by atoms with Gasteiger partial charge in [-0.2, -0.15) is 0 Å². The first-order chi connectivity index (χ1) is 10.7. The van der Waals surface area contributed by atoms with Gasteiger partial charge < -0.3 is 4.74 Å². The van der Waals surface area contributed by atoms with Crippen LogP contribution < -0.4 is 4.74 Å². The molecule has 0 aliphatic rings. The zero-order valence-corrected chi connectivity index (χ0v) is 13.7. The maximum atomic E-state index is 11.3. The number of nitro groups is 1. The van der Waals surface area contributed by atoms with Crippen LogP contribution in [0.2, 0.25) is 0 Å². The van der Waals surface area contributed by atoms with E-state index in [2.05, 4.69) is 5.92 Å². The van der Waals surface area contributed by atoms with Crippen molar-refractivity contribution in [2.75, 3.05) is 0 Å². The summed E-state index contributed by atoms with van der Waals surface area (Å²) >= 11 is 0. The number of ether oxygens (including phenoxy) is 1. The Bertz CT molecular complexity index is 795. The summed E-state index contributed by atoms with van der Waals surface area (Å²) in [7, 11) is 0. The summed E-state index contributed by atoms with van der Waals surface area (Å²) in [6.45, 7) is 7.95. The second kappa shape index (κ2) is 6.13. The Labute approximate surface area is 136 Å². The number of hydrogen-bond donors (Lipinski definition) is 0. The third-order valence-electron chi connectivity index (χ3n) is 3.49. The van der Waals surface area contributed by atoms with Gasteiger partial charge in [0.05, 0.1) is 4.92 Å². The monoisotopic (exact) mass is 309 g/mol. The number of aryl methyl sites for hydroxylation is 1. The summed E-state index contributed by atoms with van der Waals surface area (Å²) in [5, 5.41) is 11.3.